The number of amides is 2. The van der Waals surface area contributed by atoms with Crippen molar-refractivity contribution in [2.24, 2.45) is 0 Å². The monoisotopic (exact) mass is 381 g/mol. The summed E-state index contributed by atoms with van der Waals surface area (Å²) in [5, 5.41) is 2.71. The van der Waals surface area contributed by atoms with Crippen LogP contribution in [-0.2, 0) is 16.1 Å². The SMILES string of the molecule is Cc1ccccc1NC(=O)C(=O)N1CCN(Cc2ccc3c(c2)OCO3)CC1. The van der Waals surface area contributed by atoms with Crippen molar-refractivity contribution in [1.29, 1.82) is 0 Å². The Labute approximate surface area is 163 Å². The zero-order valence-corrected chi connectivity index (χ0v) is 15.8. The molecular weight excluding hydrogens is 358 g/mol. The summed E-state index contributed by atoms with van der Waals surface area (Å²) in [6.45, 7) is 5.44. The maximum atomic E-state index is 12.5. The summed E-state index contributed by atoms with van der Waals surface area (Å²) in [6, 6.07) is 13.4. The van der Waals surface area contributed by atoms with Crippen molar-refractivity contribution in [3.63, 3.8) is 0 Å². The van der Waals surface area contributed by atoms with Crippen molar-refractivity contribution in [3.05, 3.63) is 53.6 Å². The van der Waals surface area contributed by atoms with Crippen LogP contribution >= 0.6 is 0 Å². The highest BCUT2D eigenvalue weighted by Crippen LogP contribution is 2.32. The van der Waals surface area contributed by atoms with Gasteiger partial charge in [-0.05, 0) is 36.2 Å². The first-order valence-electron chi connectivity index (χ1n) is 9.37. The molecule has 0 saturated carbocycles. The number of nitrogens with zero attached hydrogens (tertiary/aromatic N) is 2. The molecule has 1 saturated heterocycles. The molecule has 2 heterocycles. The maximum Gasteiger partial charge on any atom is 0.313 e. The van der Waals surface area contributed by atoms with Gasteiger partial charge in [-0.15, -0.1) is 0 Å². The van der Waals surface area contributed by atoms with Crippen LogP contribution in [0, 0.1) is 6.92 Å². The number of carbonyl (C=O) groups is 2. The Balaban J connectivity index is 1.29. The molecule has 28 heavy (non-hydrogen) atoms. The van der Waals surface area contributed by atoms with Crippen molar-refractivity contribution in [1.82, 2.24) is 9.80 Å². The molecular formula is C21H23N3O4. The van der Waals surface area contributed by atoms with Crippen LogP contribution in [0.2, 0.25) is 0 Å². The Kier molecular flexibility index (Phi) is 5.16. The van der Waals surface area contributed by atoms with E-state index < -0.39 is 11.8 Å². The zero-order chi connectivity index (χ0) is 19.5. The topological polar surface area (TPSA) is 71.1 Å². The van der Waals surface area contributed by atoms with Crippen LogP contribution < -0.4 is 14.8 Å². The second-order valence-electron chi connectivity index (χ2n) is 7.03. The summed E-state index contributed by atoms with van der Waals surface area (Å²) >= 11 is 0. The average molecular weight is 381 g/mol. The van der Waals surface area contributed by atoms with Crippen LogP contribution in [-0.4, -0.2) is 54.6 Å². The largest absolute Gasteiger partial charge is 0.454 e. The number of fused-ring (bicyclic) bond motifs is 1. The number of hydrogen-bond donors (Lipinski definition) is 1. The number of hydrogen-bond acceptors (Lipinski definition) is 5. The van der Waals surface area contributed by atoms with Crippen LogP contribution in [0.1, 0.15) is 11.1 Å². The van der Waals surface area contributed by atoms with Gasteiger partial charge in [-0.2, -0.15) is 0 Å². The van der Waals surface area contributed by atoms with E-state index in [1.165, 1.54) is 0 Å². The van der Waals surface area contributed by atoms with E-state index in [4.69, 9.17) is 9.47 Å². The van der Waals surface area contributed by atoms with Gasteiger partial charge in [-0.3, -0.25) is 14.5 Å². The molecule has 1 fully saturated rings. The zero-order valence-electron chi connectivity index (χ0n) is 15.8. The molecule has 0 aliphatic carbocycles. The van der Waals surface area contributed by atoms with Crippen LogP contribution in [0.5, 0.6) is 11.5 Å². The minimum Gasteiger partial charge on any atom is -0.454 e. The van der Waals surface area contributed by atoms with Crippen LogP contribution in [0.15, 0.2) is 42.5 Å². The van der Waals surface area contributed by atoms with Gasteiger partial charge in [-0.1, -0.05) is 24.3 Å². The summed E-state index contributed by atoms with van der Waals surface area (Å²) in [6.07, 6.45) is 0. The number of piperazine rings is 1. The first-order valence-corrected chi connectivity index (χ1v) is 9.37. The van der Waals surface area contributed by atoms with E-state index in [2.05, 4.69) is 10.2 Å². The van der Waals surface area contributed by atoms with E-state index in [-0.39, 0.29) is 6.79 Å². The minimum atomic E-state index is -0.585. The van der Waals surface area contributed by atoms with E-state index in [0.29, 0.717) is 18.8 Å². The third-order valence-electron chi connectivity index (χ3n) is 5.09. The number of anilines is 1. The summed E-state index contributed by atoms with van der Waals surface area (Å²) < 4.78 is 10.8. The summed E-state index contributed by atoms with van der Waals surface area (Å²) in [4.78, 5) is 28.7. The standard InChI is InChI=1S/C21H23N3O4/c1-15-4-2-3-5-17(15)22-20(25)21(26)24-10-8-23(9-11-24)13-16-6-7-18-19(12-16)28-14-27-18/h2-7,12H,8-11,13-14H2,1H3,(H,22,25). The highest BCUT2D eigenvalue weighted by molar-refractivity contribution is 6.39. The first-order chi connectivity index (χ1) is 13.6. The molecule has 146 valence electrons. The fraction of sp³-hybridized carbons (Fsp3) is 0.333. The third-order valence-corrected chi connectivity index (χ3v) is 5.09. The van der Waals surface area contributed by atoms with Gasteiger partial charge in [0.2, 0.25) is 6.79 Å². The van der Waals surface area contributed by atoms with Crippen molar-refractivity contribution in [2.75, 3.05) is 38.3 Å². The fourth-order valence-corrected chi connectivity index (χ4v) is 3.44. The van der Waals surface area contributed by atoms with Gasteiger partial charge < -0.3 is 19.7 Å². The van der Waals surface area contributed by atoms with Crippen molar-refractivity contribution in [2.45, 2.75) is 13.5 Å². The van der Waals surface area contributed by atoms with Crippen LogP contribution in [0.4, 0.5) is 5.69 Å². The lowest BCUT2D eigenvalue weighted by molar-refractivity contribution is -0.144. The van der Waals surface area contributed by atoms with E-state index in [0.717, 1.165) is 42.3 Å². The molecule has 0 radical (unpaired) electrons. The molecule has 2 aliphatic heterocycles. The number of para-hydroxylation sites is 1. The highest BCUT2D eigenvalue weighted by atomic mass is 16.7. The Morgan fingerprint density at radius 1 is 1.00 bits per heavy atom. The van der Waals surface area contributed by atoms with Gasteiger partial charge in [0.15, 0.2) is 11.5 Å². The second kappa shape index (κ2) is 7.90. The lowest BCUT2D eigenvalue weighted by Gasteiger charge is -2.34. The number of nitrogens with one attached hydrogen (secondary N) is 1. The highest BCUT2D eigenvalue weighted by Gasteiger charge is 2.26. The van der Waals surface area contributed by atoms with Gasteiger partial charge in [0.25, 0.3) is 0 Å². The molecule has 2 amide bonds. The van der Waals surface area contributed by atoms with Crippen LogP contribution in [0.3, 0.4) is 0 Å². The van der Waals surface area contributed by atoms with E-state index in [9.17, 15) is 9.59 Å². The molecule has 7 heteroatoms. The predicted molar refractivity (Wildman–Crippen MR) is 104 cm³/mol. The number of ether oxygens (including phenoxy) is 2. The van der Waals surface area contributed by atoms with Crippen molar-refractivity contribution in [3.8, 4) is 11.5 Å². The first kappa shape index (κ1) is 18.3. The number of benzene rings is 2. The second-order valence-corrected chi connectivity index (χ2v) is 7.03. The van der Waals surface area contributed by atoms with Gasteiger partial charge in [-0.25, -0.2) is 0 Å². The lowest BCUT2D eigenvalue weighted by atomic mass is 10.1. The number of rotatable bonds is 3. The predicted octanol–water partition coefficient (Wildman–Crippen LogP) is 2.01. The molecule has 0 spiro atoms. The molecule has 4 rings (SSSR count). The average Bonchev–Trinajstić information content (AvgIpc) is 3.17. The van der Waals surface area contributed by atoms with Gasteiger partial charge in [0.05, 0.1) is 0 Å². The Morgan fingerprint density at radius 2 is 1.75 bits per heavy atom. The molecule has 0 atom stereocenters. The fourth-order valence-electron chi connectivity index (χ4n) is 3.44. The lowest BCUT2D eigenvalue weighted by Crippen LogP contribution is -2.51. The van der Waals surface area contributed by atoms with Crippen molar-refractivity contribution < 1.29 is 19.1 Å². The molecule has 0 unspecified atom stereocenters. The number of carbonyl (C=O) groups excluding carboxylic acids is 2. The van der Waals surface area contributed by atoms with E-state index in [1.807, 2.05) is 43.3 Å². The van der Waals surface area contributed by atoms with Gasteiger partial charge in [0.1, 0.15) is 0 Å². The van der Waals surface area contributed by atoms with Crippen LogP contribution in [0.25, 0.3) is 0 Å². The summed E-state index contributed by atoms with van der Waals surface area (Å²) in [7, 11) is 0. The van der Waals surface area contributed by atoms with Gasteiger partial charge in [0, 0.05) is 38.4 Å². The van der Waals surface area contributed by atoms with E-state index >= 15 is 0 Å². The Hall–Kier alpha value is -3.06. The van der Waals surface area contributed by atoms with Crippen molar-refractivity contribution >= 4 is 17.5 Å². The maximum absolute atomic E-state index is 12.5. The molecule has 2 aliphatic rings. The smallest absolute Gasteiger partial charge is 0.313 e. The molecule has 1 N–H and O–H groups in total. The molecule has 7 nitrogen and oxygen atoms in total. The normalized spacial score (nSPS) is 16.1. The minimum absolute atomic E-state index is 0.268. The molecule has 0 aromatic heterocycles. The summed E-state index contributed by atoms with van der Waals surface area (Å²) in [5.74, 6) is 0.488. The molecule has 2 aromatic carbocycles. The third kappa shape index (κ3) is 3.94. The molecule has 2 aromatic rings. The number of aryl methyl sites for hydroxylation is 1. The Bertz CT molecular complexity index is 891. The van der Waals surface area contributed by atoms with E-state index in [1.54, 1.807) is 11.0 Å². The van der Waals surface area contributed by atoms with Gasteiger partial charge >= 0.3 is 11.8 Å². The Morgan fingerprint density at radius 3 is 2.54 bits per heavy atom. The summed E-state index contributed by atoms with van der Waals surface area (Å²) in [5.41, 5.74) is 2.74. The molecule has 0 bridgehead atoms. The quantitative estimate of drug-likeness (QED) is 0.824.